The summed E-state index contributed by atoms with van der Waals surface area (Å²) in [5.41, 5.74) is 0.659. The molecule has 0 radical (unpaired) electrons. The highest BCUT2D eigenvalue weighted by atomic mass is 19.3. The summed E-state index contributed by atoms with van der Waals surface area (Å²) in [6, 6.07) is 11.5. The Balaban J connectivity index is 1.86. The van der Waals surface area contributed by atoms with E-state index < -0.39 is 13.2 Å². The Hall–Kier alpha value is -3.10. The third kappa shape index (κ3) is 4.06. The molecule has 0 amide bonds. The van der Waals surface area contributed by atoms with E-state index in [1.54, 1.807) is 6.07 Å². The van der Waals surface area contributed by atoms with Crippen molar-refractivity contribution < 1.29 is 31.5 Å². The van der Waals surface area contributed by atoms with E-state index in [2.05, 4.69) is 19.7 Å². The molecule has 130 valence electrons. The van der Waals surface area contributed by atoms with E-state index in [4.69, 9.17) is 4.42 Å². The lowest BCUT2D eigenvalue weighted by molar-refractivity contribution is -0.0503. The van der Waals surface area contributed by atoms with Crippen molar-refractivity contribution in [3.63, 3.8) is 0 Å². The molecule has 0 spiro atoms. The van der Waals surface area contributed by atoms with Crippen molar-refractivity contribution in [1.82, 2.24) is 10.2 Å². The summed E-state index contributed by atoms with van der Waals surface area (Å²) >= 11 is 0. The first kappa shape index (κ1) is 16.7. The highest BCUT2D eigenvalue weighted by Crippen LogP contribution is 2.32. The zero-order valence-corrected chi connectivity index (χ0v) is 12.4. The molecule has 0 aliphatic rings. The number of para-hydroxylation sites is 1. The molecule has 2 aromatic carbocycles. The van der Waals surface area contributed by atoms with Gasteiger partial charge in [-0.15, -0.1) is 10.2 Å². The molecular formula is C16H10F4N2O3. The molecule has 0 aliphatic carbocycles. The minimum atomic E-state index is -2.99. The van der Waals surface area contributed by atoms with Crippen LogP contribution in [0.3, 0.4) is 0 Å². The van der Waals surface area contributed by atoms with Gasteiger partial charge in [-0.3, -0.25) is 0 Å². The Kier molecular flexibility index (Phi) is 4.82. The maximum atomic E-state index is 12.5. The summed E-state index contributed by atoms with van der Waals surface area (Å²) in [5.74, 6) is -0.0489. The van der Waals surface area contributed by atoms with Crippen molar-refractivity contribution in [1.29, 1.82) is 0 Å². The van der Waals surface area contributed by atoms with Crippen molar-refractivity contribution in [2.45, 2.75) is 13.2 Å². The number of hydrogen-bond acceptors (Lipinski definition) is 5. The van der Waals surface area contributed by atoms with Crippen molar-refractivity contribution >= 4 is 0 Å². The van der Waals surface area contributed by atoms with Gasteiger partial charge in [0.15, 0.2) is 0 Å². The van der Waals surface area contributed by atoms with Gasteiger partial charge in [-0.2, -0.15) is 17.6 Å². The van der Waals surface area contributed by atoms with Gasteiger partial charge >= 0.3 is 13.2 Å². The first-order valence-corrected chi connectivity index (χ1v) is 6.96. The van der Waals surface area contributed by atoms with E-state index in [1.165, 1.54) is 42.5 Å². The summed E-state index contributed by atoms with van der Waals surface area (Å²) in [7, 11) is 0. The smallest absolute Gasteiger partial charge is 0.387 e. The van der Waals surface area contributed by atoms with E-state index >= 15 is 0 Å². The van der Waals surface area contributed by atoms with Crippen LogP contribution in [0.1, 0.15) is 0 Å². The predicted molar refractivity (Wildman–Crippen MR) is 78.4 cm³/mol. The van der Waals surface area contributed by atoms with Crippen LogP contribution in [0.15, 0.2) is 52.9 Å². The second-order valence-corrected chi connectivity index (χ2v) is 4.69. The minimum absolute atomic E-state index is 0.0147. The average Bonchev–Trinajstić information content (AvgIpc) is 3.05. The van der Waals surface area contributed by atoms with Crippen molar-refractivity contribution in [2.24, 2.45) is 0 Å². The van der Waals surface area contributed by atoms with Crippen molar-refractivity contribution in [3.8, 4) is 34.4 Å². The molecule has 0 unspecified atom stereocenters. The Morgan fingerprint density at radius 3 is 2.08 bits per heavy atom. The van der Waals surface area contributed by atoms with Gasteiger partial charge in [0.25, 0.3) is 5.89 Å². The van der Waals surface area contributed by atoms with E-state index in [0.717, 1.165) is 0 Å². The van der Waals surface area contributed by atoms with E-state index in [1.807, 2.05) is 0 Å². The van der Waals surface area contributed by atoms with E-state index in [-0.39, 0.29) is 28.8 Å². The van der Waals surface area contributed by atoms with Crippen molar-refractivity contribution in [3.05, 3.63) is 48.5 Å². The lowest BCUT2D eigenvalue weighted by Crippen LogP contribution is -2.03. The van der Waals surface area contributed by atoms with E-state index in [9.17, 15) is 17.6 Å². The van der Waals surface area contributed by atoms with Gasteiger partial charge in [-0.05, 0) is 36.4 Å². The second-order valence-electron chi connectivity index (χ2n) is 4.69. The molecule has 0 N–H and O–H groups in total. The molecule has 25 heavy (non-hydrogen) atoms. The lowest BCUT2D eigenvalue weighted by atomic mass is 10.2. The van der Waals surface area contributed by atoms with Crippen LogP contribution >= 0.6 is 0 Å². The first-order valence-electron chi connectivity index (χ1n) is 6.96. The SMILES string of the molecule is FC(F)Oc1ccc(-c2nnc(-c3ccccc3OC(F)F)o2)cc1. The van der Waals surface area contributed by atoms with Gasteiger partial charge in [0.1, 0.15) is 11.5 Å². The molecule has 1 heterocycles. The van der Waals surface area contributed by atoms with Crippen LogP contribution in [0.5, 0.6) is 11.5 Å². The lowest BCUT2D eigenvalue weighted by Gasteiger charge is -2.07. The molecule has 5 nitrogen and oxygen atoms in total. The zero-order valence-electron chi connectivity index (χ0n) is 12.4. The fourth-order valence-electron chi connectivity index (χ4n) is 2.07. The Morgan fingerprint density at radius 1 is 0.760 bits per heavy atom. The molecule has 0 atom stereocenters. The van der Waals surface area contributed by atoms with Crippen molar-refractivity contribution in [2.75, 3.05) is 0 Å². The Morgan fingerprint density at radius 2 is 1.40 bits per heavy atom. The van der Waals surface area contributed by atoms with Gasteiger partial charge in [-0.1, -0.05) is 12.1 Å². The maximum absolute atomic E-state index is 12.5. The summed E-state index contributed by atoms with van der Waals surface area (Å²) in [4.78, 5) is 0. The molecule has 1 aromatic heterocycles. The number of nitrogens with zero attached hydrogens (tertiary/aromatic N) is 2. The number of aromatic nitrogens is 2. The molecule has 0 saturated carbocycles. The van der Waals surface area contributed by atoms with E-state index in [0.29, 0.717) is 5.56 Å². The zero-order chi connectivity index (χ0) is 17.8. The highest BCUT2D eigenvalue weighted by Gasteiger charge is 2.17. The normalized spacial score (nSPS) is 11.1. The average molecular weight is 354 g/mol. The van der Waals surface area contributed by atoms with Crippen LogP contribution in [-0.2, 0) is 0 Å². The predicted octanol–water partition coefficient (Wildman–Crippen LogP) is 4.61. The summed E-state index contributed by atoms with van der Waals surface area (Å²) in [6.45, 7) is -5.92. The quantitative estimate of drug-likeness (QED) is 0.605. The number of hydrogen-bond donors (Lipinski definition) is 0. The standard InChI is InChI=1S/C16H10F4N2O3/c17-15(18)23-10-7-5-9(6-8-10)13-21-22-14(25-13)11-3-1-2-4-12(11)24-16(19)20/h1-8,15-16H. The van der Waals surface area contributed by atoms with Crippen LogP contribution in [-0.4, -0.2) is 23.4 Å². The molecular weight excluding hydrogens is 344 g/mol. The fourth-order valence-corrected chi connectivity index (χ4v) is 2.07. The van der Waals surface area contributed by atoms with Crippen LogP contribution in [0.25, 0.3) is 22.9 Å². The molecule has 0 aliphatic heterocycles. The first-order chi connectivity index (χ1) is 12.0. The third-order valence-corrected chi connectivity index (χ3v) is 3.08. The Labute approximate surface area is 138 Å². The topological polar surface area (TPSA) is 57.4 Å². The van der Waals surface area contributed by atoms with Gasteiger partial charge in [0.2, 0.25) is 5.89 Å². The molecule has 0 fully saturated rings. The van der Waals surface area contributed by atoms with Gasteiger partial charge in [0, 0.05) is 5.56 Å². The van der Waals surface area contributed by atoms with Gasteiger partial charge in [-0.25, -0.2) is 0 Å². The number of rotatable bonds is 6. The molecule has 3 aromatic rings. The fraction of sp³-hybridized carbons (Fsp3) is 0.125. The molecule has 0 saturated heterocycles. The van der Waals surface area contributed by atoms with Crippen LogP contribution in [0.4, 0.5) is 17.6 Å². The third-order valence-electron chi connectivity index (χ3n) is 3.08. The largest absolute Gasteiger partial charge is 0.435 e. The summed E-state index contributed by atoms with van der Waals surface area (Å²) in [5, 5.41) is 7.63. The number of ether oxygens (including phenoxy) is 2. The molecule has 9 heteroatoms. The number of halogens is 4. The number of benzene rings is 2. The number of alkyl halides is 4. The van der Waals surface area contributed by atoms with Crippen LogP contribution in [0.2, 0.25) is 0 Å². The monoisotopic (exact) mass is 354 g/mol. The highest BCUT2D eigenvalue weighted by molar-refractivity contribution is 5.64. The van der Waals surface area contributed by atoms with Gasteiger partial charge < -0.3 is 13.9 Å². The summed E-state index contributed by atoms with van der Waals surface area (Å²) in [6.07, 6.45) is 0. The Bertz CT molecular complexity index is 837. The maximum Gasteiger partial charge on any atom is 0.387 e. The molecule has 0 bridgehead atoms. The summed E-state index contributed by atoms with van der Waals surface area (Å²) < 4.78 is 63.3. The van der Waals surface area contributed by atoms with Crippen LogP contribution < -0.4 is 9.47 Å². The minimum Gasteiger partial charge on any atom is -0.435 e. The van der Waals surface area contributed by atoms with Crippen LogP contribution in [0, 0.1) is 0 Å². The molecule has 3 rings (SSSR count). The second kappa shape index (κ2) is 7.20. The van der Waals surface area contributed by atoms with Gasteiger partial charge in [0.05, 0.1) is 5.56 Å².